The summed E-state index contributed by atoms with van der Waals surface area (Å²) in [6.45, 7) is 4.81. The molecule has 7 rings (SSSR count). The number of fused-ring (bicyclic) bond motifs is 1. The molecule has 3 unspecified atom stereocenters. The maximum absolute atomic E-state index is 13.5. The fraction of sp³-hybridized carbons (Fsp3) is 0.560. The number of ether oxygens (including phenoxy) is 1. The average Bonchev–Trinajstić information content (AvgIpc) is 2.71. The molecule has 1 amide bonds. The Labute approximate surface area is 176 Å². The molecule has 5 fully saturated rings. The third kappa shape index (κ3) is 2.32. The van der Waals surface area contributed by atoms with Crippen LogP contribution >= 0.6 is 0 Å². The number of amides is 1. The van der Waals surface area contributed by atoms with Gasteiger partial charge in [0.1, 0.15) is 5.60 Å². The summed E-state index contributed by atoms with van der Waals surface area (Å²) in [6, 6.07) is 10.6. The van der Waals surface area contributed by atoms with Crippen molar-refractivity contribution >= 4 is 23.3 Å². The van der Waals surface area contributed by atoms with Crippen LogP contribution in [0.3, 0.4) is 0 Å². The Hall–Kier alpha value is -2.43. The number of aromatic nitrogens is 1. The molecular weight excluding hydrogens is 376 g/mol. The SMILES string of the molecule is CC1(C)C(=O)N(C2C3CC4CC2CC(OC=O)(C4)C3)C1c1ccnc2ccccc12. The van der Waals surface area contributed by atoms with Gasteiger partial charge in [-0.3, -0.25) is 14.6 Å². The van der Waals surface area contributed by atoms with Gasteiger partial charge in [0.25, 0.3) is 6.47 Å². The number of pyridine rings is 1. The fourth-order valence-corrected chi connectivity index (χ4v) is 7.67. The summed E-state index contributed by atoms with van der Waals surface area (Å²) in [5.74, 6) is 1.73. The molecule has 5 aliphatic rings. The first-order valence-electron chi connectivity index (χ1n) is 11.2. The highest BCUT2D eigenvalue weighted by Crippen LogP contribution is 2.62. The van der Waals surface area contributed by atoms with Crippen molar-refractivity contribution in [3.63, 3.8) is 0 Å². The predicted octanol–water partition coefficient (Wildman–Crippen LogP) is 4.26. The molecule has 1 aliphatic heterocycles. The van der Waals surface area contributed by atoms with Crippen LogP contribution < -0.4 is 0 Å². The second-order valence-electron chi connectivity index (χ2n) is 10.6. The summed E-state index contributed by atoms with van der Waals surface area (Å²) in [7, 11) is 0. The molecule has 5 heteroatoms. The zero-order valence-electron chi connectivity index (χ0n) is 17.6. The van der Waals surface area contributed by atoms with E-state index in [0.717, 1.165) is 43.0 Å². The molecule has 30 heavy (non-hydrogen) atoms. The van der Waals surface area contributed by atoms with Gasteiger partial charge in [-0.05, 0) is 81.4 Å². The first-order chi connectivity index (χ1) is 14.4. The zero-order valence-corrected chi connectivity index (χ0v) is 17.6. The summed E-state index contributed by atoms with van der Waals surface area (Å²) in [5.41, 5.74) is 1.48. The number of carbonyl (C=O) groups excluding carboxylic acids is 2. The minimum Gasteiger partial charge on any atom is -0.461 e. The Morgan fingerprint density at radius 2 is 1.83 bits per heavy atom. The summed E-state index contributed by atoms with van der Waals surface area (Å²) < 4.78 is 5.67. The van der Waals surface area contributed by atoms with Crippen LogP contribution in [0.25, 0.3) is 10.9 Å². The molecule has 1 saturated heterocycles. The molecule has 5 nitrogen and oxygen atoms in total. The minimum atomic E-state index is -0.421. The predicted molar refractivity (Wildman–Crippen MR) is 112 cm³/mol. The molecule has 0 radical (unpaired) electrons. The van der Waals surface area contributed by atoms with Crippen molar-refractivity contribution in [2.45, 2.75) is 63.6 Å². The molecule has 0 N–H and O–H groups in total. The number of para-hydroxylation sites is 1. The topological polar surface area (TPSA) is 59.5 Å². The van der Waals surface area contributed by atoms with Crippen LogP contribution in [0.1, 0.15) is 57.6 Å². The van der Waals surface area contributed by atoms with E-state index in [1.807, 2.05) is 18.3 Å². The molecule has 4 saturated carbocycles. The lowest BCUT2D eigenvalue weighted by Crippen LogP contribution is -2.71. The van der Waals surface area contributed by atoms with Crippen molar-refractivity contribution in [3.05, 3.63) is 42.1 Å². The fourth-order valence-electron chi connectivity index (χ4n) is 7.67. The Kier molecular flexibility index (Phi) is 3.70. The number of benzene rings is 1. The Morgan fingerprint density at radius 3 is 2.57 bits per heavy atom. The largest absolute Gasteiger partial charge is 0.461 e. The van der Waals surface area contributed by atoms with E-state index < -0.39 is 5.41 Å². The molecule has 156 valence electrons. The van der Waals surface area contributed by atoms with Gasteiger partial charge in [-0.2, -0.15) is 0 Å². The van der Waals surface area contributed by atoms with Crippen LogP contribution in [0.5, 0.6) is 0 Å². The van der Waals surface area contributed by atoms with E-state index in [1.165, 1.54) is 5.56 Å². The number of nitrogens with zero attached hydrogens (tertiary/aromatic N) is 2. The number of rotatable bonds is 4. The highest BCUT2D eigenvalue weighted by molar-refractivity contribution is 5.93. The van der Waals surface area contributed by atoms with Gasteiger partial charge in [0.05, 0.1) is 17.0 Å². The third-order valence-corrected chi connectivity index (χ3v) is 8.51. The van der Waals surface area contributed by atoms with E-state index in [4.69, 9.17) is 4.74 Å². The lowest BCUT2D eigenvalue weighted by atomic mass is 9.50. The highest BCUT2D eigenvalue weighted by atomic mass is 16.5. The van der Waals surface area contributed by atoms with E-state index in [9.17, 15) is 9.59 Å². The van der Waals surface area contributed by atoms with Gasteiger partial charge >= 0.3 is 0 Å². The standard InChI is InChI=1S/C25H28N2O3/c1-24(2)22(19-7-8-26-20-6-4-3-5-18(19)20)27(23(24)29)21-16-9-15-10-17(21)13-25(11-15,12-16)30-14-28/h3-8,14-17,21-22H,9-13H2,1-2H3. The molecule has 2 heterocycles. The Morgan fingerprint density at radius 1 is 1.10 bits per heavy atom. The Bertz CT molecular complexity index is 1030. The molecular formula is C25H28N2O3. The van der Waals surface area contributed by atoms with Gasteiger partial charge in [-0.15, -0.1) is 0 Å². The number of hydrogen-bond donors (Lipinski definition) is 0. The van der Waals surface area contributed by atoms with Gasteiger partial charge < -0.3 is 9.64 Å². The first kappa shape index (κ1) is 18.3. The van der Waals surface area contributed by atoms with Crippen LogP contribution in [0.2, 0.25) is 0 Å². The summed E-state index contributed by atoms with van der Waals surface area (Å²) in [4.78, 5) is 31.4. The summed E-state index contributed by atoms with van der Waals surface area (Å²) in [5, 5.41) is 1.14. The molecule has 1 aromatic carbocycles. The van der Waals surface area contributed by atoms with Crippen molar-refractivity contribution < 1.29 is 14.3 Å². The summed E-state index contributed by atoms with van der Waals surface area (Å²) >= 11 is 0. The number of hydrogen-bond acceptors (Lipinski definition) is 4. The normalized spacial score (nSPS) is 38.5. The van der Waals surface area contributed by atoms with E-state index in [0.29, 0.717) is 24.2 Å². The Balaban J connectivity index is 1.41. The summed E-state index contributed by atoms with van der Waals surface area (Å²) in [6.07, 6.45) is 6.98. The maximum Gasteiger partial charge on any atom is 0.293 e. The van der Waals surface area contributed by atoms with Crippen LogP contribution in [0, 0.1) is 23.2 Å². The van der Waals surface area contributed by atoms with E-state index in [2.05, 4.69) is 41.9 Å². The zero-order chi connectivity index (χ0) is 20.7. The van der Waals surface area contributed by atoms with Crippen LogP contribution in [0.4, 0.5) is 0 Å². The quantitative estimate of drug-likeness (QED) is 0.564. The van der Waals surface area contributed by atoms with Crippen molar-refractivity contribution in [1.82, 2.24) is 9.88 Å². The van der Waals surface area contributed by atoms with Gasteiger partial charge in [-0.1, -0.05) is 18.2 Å². The van der Waals surface area contributed by atoms with Crippen LogP contribution in [-0.2, 0) is 14.3 Å². The second-order valence-corrected chi connectivity index (χ2v) is 10.6. The maximum atomic E-state index is 13.5. The molecule has 3 atom stereocenters. The van der Waals surface area contributed by atoms with Gasteiger partial charge in [0.2, 0.25) is 5.91 Å². The van der Waals surface area contributed by atoms with Crippen molar-refractivity contribution in [2.24, 2.45) is 23.2 Å². The van der Waals surface area contributed by atoms with Gasteiger partial charge in [-0.25, -0.2) is 0 Å². The second kappa shape index (κ2) is 6.05. The average molecular weight is 405 g/mol. The molecule has 0 spiro atoms. The number of likely N-dealkylation sites (tertiary alicyclic amines) is 1. The van der Waals surface area contributed by atoms with Crippen LogP contribution in [-0.4, -0.2) is 33.9 Å². The van der Waals surface area contributed by atoms with Crippen molar-refractivity contribution in [2.75, 3.05) is 0 Å². The minimum absolute atomic E-state index is 0.0587. The molecule has 4 aliphatic carbocycles. The smallest absolute Gasteiger partial charge is 0.293 e. The van der Waals surface area contributed by atoms with Crippen molar-refractivity contribution in [3.8, 4) is 0 Å². The third-order valence-electron chi connectivity index (χ3n) is 8.51. The van der Waals surface area contributed by atoms with Crippen LogP contribution in [0.15, 0.2) is 36.5 Å². The van der Waals surface area contributed by atoms with Gasteiger partial charge in [0.15, 0.2) is 0 Å². The molecule has 4 bridgehead atoms. The molecule has 1 aromatic heterocycles. The monoisotopic (exact) mass is 404 g/mol. The first-order valence-corrected chi connectivity index (χ1v) is 11.2. The molecule has 2 aromatic rings. The van der Waals surface area contributed by atoms with Crippen molar-refractivity contribution in [1.29, 1.82) is 0 Å². The number of carbonyl (C=O) groups is 2. The lowest BCUT2D eigenvalue weighted by molar-refractivity contribution is -0.214. The van der Waals surface area contributed by atoms with E-state index >= 15 is 0 Å². The van der Waals surface area contributed by atoms with Gasteiger partial charge in [0, 0.05) is 17.6 Å². The lowest BCUT2D eigenvalue weighted by Gasteiger charge is -2.66. The van der Waals surface area contributed by atoms with E-state index in [-0.39, 0.29) is 23.6 Å². The number of β-lactam (4-membered cyclic amide) rings is 1. The van der Waals surface area contributed by atoms with E-state index in [1.54, 1.807) is 0 Å². The highest BCUT2D eigenvalue weighted by Gasteiger charge is 2.65.